The fourth-order valence-electron chi connectivity index (χ4n) is 2.16. The van der Waals surface area contributed by atoms with Gasteiger partial charge in [0.15, 0.2) is 0 Å². The van der Waals surface area contributed by atoms with Crippen molar-refractivity contribution in [3.63, 3.8) is 0 Å². The van der Waals surface area contributed by atoms with Crippen LogP contribution in [0.5, 0.6) is 5.75 Å². The van der Waals surface area contributed by atoms with Gasteiger partial charge >= 0.3 is 0 Å². The first-order valence-electron chi connectivity index (χ1n) is 5.61. The highest BCUT2D eigenvalue weighted by atomic mass is 16.5. The number of methoxy groups -OCH3 is 1. The summed E-state index contributed by atoms with van der Waals surface area (Å²) >= 11 is 0. The molecule has 16 heavy (non-hydrogen) atoms. The molecule has 1 saturated heterocycles. The smallest absolute Gasteiger partial charge is 0.220 e. The second kappa shape index (κ2) is 4.56. The Bertz CT molecular complexity index is 372. The van der Waals surface area contributed by atoms with Crippen LogP contribution in [-0.2, 0) is 4.79 Å². The molecule has 1 unspecified atom stereocenters. The van der Waals surface area contributed by atoms with Crippen LogP contribution < -0.4 is 10.1 Å². The highest BCUT2D eigenvalue weighted by molar-refractivity contribution is 5.78. The molecule has 1 aromatic rings. The Morgan fingerprint density at radius 3 is 2.56 bits per heavy atom. The topological polar surface area (TPSA) is 38.3 Å². The van der Waals surface area contributed by atoms with Crippen LogP contribution in [0.4, 0.5) is 0 Å². The lowest BCUT2D eigenvalue weighted by atomic mass is 9.87. The zero-order chi connectivity index (χ0) is 11.5. The molecule has 2 rings (SSSR count). The number of rotatable bonds is 3. The molecule has 0 aliphatic carbocycles. The van der Waals surface area contributed by atoms with Crippen molar-refractivity contribution in [1.29, 1.82) is 0 Å². The van der Waals surface area contributed by atoms with E-state index in [4.69, 9.17) is 4.74 Å². The number of amides is 1. The molecular formula is C13H17NO2. The highest BCUT2D eigenvalue weighted by Gasteiger charge is 2.27. The summed E-state index contributed by atoms with van der Waals surface area (Å²) in [5.41, 5.74) is 1.27. The molecule has 0 bridgehead atoms. The fraction of sp³-hybridized carbons (Fsp3) is 0.462. The molecule has 1 N–H and O–H groups in total. The van der Waals surface area contributed by atoms with Gasteiger partial charge in [0, 0.05) is 13.0 Å². The summed E-state index contributed by atoms with van der Waals surface area (Å²) < 4.78 is 5.12. The minimum Gasteiger partial charge on any atom is -0.497 e. The Labute approximate surface area is 95.8 Å². The molecular weight excluding hydrogens is 202 g/mol. The zero-order valence-corrected chi connectivity index (χ0v) is 9.69. The molecule has 0 spiro atoms. The Morgan fingerprint density at radius 1 is 1.38 bits per heavy atom. The predicted molar refractivity (Wildman–Crippen MR) is 62.5 cm³/mol. The molecule has 0 radical (unpaired) electrons. The maximum Gasteiger partial charge on any atom is 0.220 e. The van der Waals surface area contributed by atoms with Gasteiger partial charge in [-0.15, -0.1) is 0 Å². The van der Waals surface area contributed by atoms with Crippen molar-refractivity contribution in [3.05, 3.63) is 29.8 Å². The van der Waals surface area contributed by atoms with Gasteiger partial charge in [-0.1, -0.05) is 19.1 Å². The number of hydrogen-bond donors (Lipinski definition) is 1. The molecule has 86 valence electrons. The molecule has 1 amide bonds. The van der Waals surface area contributed by atoms with E-state index in [2.05, 4.69) is 24.4 Å². The van der Waals surface area contributed by atoms with Crippen LogP contribution in [0, 0.1) is 5.92 Å². The molecule has 1 heterocycles. The maximum absolute atomic E-state index is 11.2. The van der Waals surface area contributed by atoms with Crippen LogP contribution in [0.25, 0.3) is 0 Å². The van der Waals surface area contributed by atoms with Gasteiger partial charge in [0.25, 0.3) is 0 Å². The lowest BCUT2D eigenvalue weighted by Gasteiger charge is -2.17. The summed E-state index contributed by atoms with van der Waals surface area (Å²) in [6, 6.07) is 8.09. The van der Waals surface area contributed by atoms with Crippen molar-refractivity contribution in [2.45, 2.75) is 19.3 Å². The van der Waals surface area contributed by atoms with Gasteiger partial charge in [0.1, 0.15) is 5.75 Å². The van der Waals surface area contributed by atoms with E-state index in [0.29, 0.717) is 18.3 Å². The number of hydrogen-bond acceptors (Lipinski definition) is 2. The van der Waals surface area contributed by atoms with E-state index in [0.717, 1.165) is 12.3 Å². The maximum atomic E-state index is 11.2. The summed E-state index contributed by atoms with van der Waals surface area (Å²) in [7, 11) is 1.66. The average molecular weight is 219 g/mol. The van der Waals surface area contributed by atoms with Gasteiger partial charge in [-0.3, -0.25) is 4.79 Å². The van der Waals surface area contributed by atoms with Gasteiger partial charge in [-0.25, -0.2) is 0 Å². The van der Waals surface area contributed by atoms with Crippen LogP contribution in [0.15, 0.2) is 24.3 Å². The monoisotopic (exact) mass is 219 g/mol. The molecule has 1 aliphatic rings. The third-order valence-corrected chi connectivity index (χ3v) is 3.36. The Kier molecular flexibility index (Phi) is 3.13. The second-order valence-corrected chi connectivity index (χ2v) is 4.33. The minimum absolute atomic E-state index is 0.172. The first-order chi connectivity index (χ1) is 7.70. The van der Waals surface area contributed by atoms with Crippen LogP contribution in [-0.4, -0.2) is 19.6 Å². The molecule has 3 nitrogen and oxygen atoms in total. The van der Waals surface area contributed by atoms with Crippen molar-refractivity contribution in [2.24, 2.45) is 5.92 Å². The molecule has 1 aromatic carbocycles. The standard InChI is InChI=1S/C13H17NO2/c1-9(11-7-13(15)14-8-11)10-3-5-12(16-2)6-4-10/h3-6,9,11H,7-8H2,1-2H3,(H,14,15)/t9-,11?/m0/s1. The average Bonchev–Trinajstić information content (AvgIpc) is 2.75. The van der Waals surface area contributed by atoms with E-state index < -0.39 is 0 Å². The van der Waals surface area contributed by atoms with Crippen LogP contribution in [0.1, 0.15) is 24.8 Å². The molecule has 2 atom stereocenters. The van der Waals surface area contributed by atoms with E-state index in [1.807, 2.05) is 12.1 Å². The molecule has 0 saturated carbocycles. The third kappa shape index (κ3) is 2.18. The van der Waals surface area contributed by atoms with Crippen LogP contribution >= 0.6 is 0 Å². The summed E-state index contributed by atoms with van der Waals surface area (Å²) in [6.45, 7) is 2.97. The lowest BCUT2D eigenvalue weighted by molar-refractivity contribution is -0.119. The van der Waals surface area contributed by atoms with Crippen molar-refractivity contribution in [3.8, 4) is 5.75 Å². The summed E-state index contributed by atoms with van der Waals surface area (Å²) in [5.74, 6) is 1.87. The Balaban J connectivity index is 2.08. The summed E-state index contributed by atoms with van der Waals surface area (Å²) in [4.78, 5) is 11.2. The SMILES string of the molecule is COc1ccc([C@H](C)C2CNC(=O)C2)cc1. The molecule has 1 aliphatic heterocycles. The molecule has 3 heteroatoms. The Hall–Kier alpha value is -1.51. The number of benzene rings is 1. The normalized spacial score (nSPS) is 21.6. The van der Waals surface area contributed by atoms with E-state index >= 15 is 0 Å². The van der Waals surface area contributed by atoms with Crippen molar-refractivity contribution in [1.82, 2.24) is 5.32 Å². The predicted octanol–water partition coefficient (Wildman–Crippen LogP) is 1.93. The second-order valence-electron chi connectivity index (χ2n) is 4.33. The van der Waals surface area contributed by atoms with Crippen LogP contribution in [0.3, 0.4) is 0 Å². The number of nitrogens with one attached hydrogen (secondary N) is 1. The number of carbonyl (C=O) groups excluding carboxylic acids is 1. The largest absolute Gasteiger partial charge is 0.497 e. The molecule has 0 aromatic heterocycles. The quantitative estimate of drug-likeness (QED) is 0.843. The first kappa shape index (κ1) is 11.0. The highest BCUT2D eigenvalue weighted by Crippen LogP contribution is 2.29. The fourth-order valence-corrected chi connectivity index (χ4v) is 2.16. The zero-order valence-electron chi connectivity index (χ0n) is 9.69. The van der Waals surface area contributed by atoms with Gasteiger partial charge in [0.05, 0.1) is 7.11 Å². The van der Waals surface area contributed by atoms with Gasteiger partial charge in [0.2, 0.25) is 5.91 Å². The summed E-state index contributed by atoms with van der Waals surface area (Å²) in [6.07, 6.45) is 0.646. The van der Waals surface area contributed by atoms with Gasteiger partial charge in [-0.2, -0.15) is 0 Å². The number of carbonyl (C=O) groups is 1. The van der Waals surface area contributed by atoms with E-state index in [-0.39, 0.29) is 5.91 Å². The lowest BCUT2D eigenvalue weighted by Crippen LogP contribution is -2.16. The Morgan fingerprint density at radius 2 is 2.06 bits per heavy atom. The number of ether oxygens (including phenoxy) is 1. The van der Waals surface area contributed by atoms with E-state index in [9.17, 15) is 4.79 Å². The van der Waals surface area contributed by atoms with E-state index in [1.54, 1.807) is 7.11 Å². The first-order valence-corrected chi connectivity index (χ1v) is 5.61. The van der Waals surface area contributed by atoms with Gasteiger partial charge in [-0.05, 0) is 29.5 Å². The van der Waals surface area contributed by atoms with Crippen molar-refractivity contribution in [2.75, 3.05) is 13.7 Å². The van der Waals surface area contributed by atoms with Crippen LogP contribution in [0.2, 0.25) is 0 Å². The third-order valence-electron chi connectivity index (χ3n) is 3.36. The summed E-state index contributed by atoms with van der Waals surface area (Å²) in [5, 5.41) is 2.88. The van der Waals surface area contributed by atoms with Crippen molar-refractivity contribution < 1.29 is 9.53 Å². The van der Waals surface area contributed by atoms with Crippen molar-refractivity contribution >= 4 is 5.91 Å². The van der Waals surface area contributed by atoms with E-state index in [1.165, 1.54) is 5.56 Å². The molecule has 1 fully saturated rings. The van der Waals surface area contributed by atoms with Gasteiger partial charge < -0.3 is 10.1 Å². The minimum atomic E-state index is 0.172.